The maximum absolute atomic E-state index is 11.6. The second-order valence-electron chi connectivity index (χ2n) is 13.5. The molecule has 0 amide bonds. The van der Waals surface area contributed by atoms with Gasteiger partial charge in [-0.25, -0.2) is 0 Å². The topological polar surface area (TPSA) is 110 Å². The number of hydrogen-bond donors (Lipinski definition) is 2. The number of anilines is 3. The number of thiophene rings is 1. The number of aromatic nitrogens is 2. The lowest BCUT2D eigenvalue weighted by Gasteiger charge is -2.25. The molecule has 55 heavy (non-hydrogen) atoms. The molecule has 0 aliphatic carbocycles. The molecule has 2 heterocycles. The van der Waals surface area contributed by atoms with Crippen molar-refractivity contribution in [3.8, 4) is 38.1 Å². The van der Waals surface area contributed by atoms with E-state index >= 15 is 0 Å². The molecular weight excluding hydrogens is 740 g/mol. The van der Waals surface area contributed by atoms with Crippen molar-refractivity contribution in [2.75, 3.05) is 4.90 Å². The van der Waals surface area contributed by atoms with Gasteiger partial charge in [0.1, 0.15) is 22.4 Å². The molecule has 5 aromatic carbocycles. The van der Waals surface area contributed by atoms with E-state index in [2.05, 4.69) is 103 Å². The Bertz CT molecular complexity index is 2440. The van der Waals surface area contributed by atoms with Gasteiger partial charge in [0.2, 0.25) is 0 Å². The normalized spacial score (nSPS) is 11.9. The van der Waals surface area contributed by atoms with Crippen molar-refractivity contribution >= 4 is 64.8 Å². The van der Waals surface area contributed by atoms with Crippen molar-refractivity contribution in [2.45, 2.75) is 51.9 Å². The van der Waals surface area contributed by atoms with Crippen LogP contribution in [0.4, 0.5) is 17.1 Å². The summed E-state index contributed by atoms with van der Waals surface area (Å²) in [6, 6.07) is 45.2. The van der Waals surface area contributed by atoms with E-state index in [9.17, 15) is 19.6 Å². The molecule has 0 atom stereocenters. The van der Waals surface area contributed by atoms with E-state index in [4.69, 9.17) is 8.75 Å². The molecule has 0 fully saturated rings. The van der Waals surface area contributed by atoms with Gasteiger partial charge in [-0.3, -0.25) is 4.57 Å². The predicted molar refractivity (Wildman–Crippen MR) is 229 cm³/mol. The molecule has 2 N–H and O–H groups in total. The average molecular weight is 781 g/mol. The molecule has 0 spiro atoms. The molecule has 2 aromatic heterocycles. The van der Waals surface area contributed by atoms with Crippen LogP contribution in [0.1, 0.15) is 56.6 Å². The Balaban J connectivity index is 1.22. The molecule has 0 unspecified atom stereocenters. The van der Waals surface area contributed by atoms with Crippen LogP contribution in [0.15, 0.2) is 133 Å². The summed E-state index contributed by atoms with van der Waals surface area (Å²) in [5, 5.41) is 8.65. The van der Waals surface area contributed by atoms with Gasteiger partial charge >= 0.3 is 7.60 Å². The van der Waals surface area contributed by atoms with E-state index in [1.165, 1.54) is 65.9 Å². The van der Waals surface area contributed by atoms with E-state index in [0.717, 1.165) is 62.5 Å². The van der Waals surface area contributed by atoms with Crippen LogP contribution in [0.25, 0.3) is 49.1 Å². The number of benzene rings is 5. The van der Waals surface area contributed by atoms with Gasteiger partial charge in [-0.15, -0.1) is 11.3 Å². The van der Waals surface area contributed by atoms with Crippen molar-refractivity contribution in [3.63, 3.8) is 0 Å². The van der Waals surface area contributed by atoms with Crippen LogP contribution in [-0.2, 0) is 11.0 Å². The molecule has 0 saturated heterocycles. The van der Waals surface area contributed by atoms with Crippen LogP contribution >= 0.6 is 30.7 Å². The highest BCUT2D eigenvalue weighted by atomic mass is 32.1. The first-order valence-electron chi connectivity index (χ1n) is 18.5. The Morgan fingerprint density at radius 2 is 1.29 bits per heavy atom. The fourth-order valence-electron chi connectivity index (χ4n) is 6.85. The molecule has 0 aliphatic heterocycles. The molecule has 7 aromatic rings. The Hall–Kier alpha value is -5.20. The molecule has 7 nitrogen and oxygen atoms in total. The van der Waals surface area contributed by atoms with Crippen molar-refractivity contribution in [3.05, 3.63) is 144 Å². The number of nitriles is 1. The minimum absolute atomic E-state index is 0.526. The second-order valence-corrected chi connectivity index (χ2v) is 16.6. The fourth-order valence-corrected chi connectivity index (χ4v) is 9.11. The Labute approximate surface area is 330 Å². The first kappa shape index (κ1) is 38.1. The zero-order valence-corrected chi connectivity index (χ0v) is 33.0. The Kier molecular flexibility index (Phi) is 12.1. The van der Waals surface area contributed by atoms with Gasteiger partial charge in [0.05, 0.1) is 11.7 Å². The number of nitrogens with zero attached hydrogens (tertiary/aromatic N) is 4. The van der Waals surface area contributed by atoms with E-state index in [0.29, 0.717) is 5.56 Å². The third-order valence-electron chi connectivity index (χ3n) is 9.66. The number of aryl methyl sites for hydroxylation is 1. The van der Waals surface area contributed by atoms with Crippen molar-refractivity contribution < 1.29 is 14.4 Å². The summed E-state index contributed by atoms with van der Waals surface area (Å²) in [5.74, 6) is 0. The largest absolute Gasteiger partial charge is 0.366 e. The number of fused-ring (bicyclic) bond motifs is 1. The van der Waals surface area contributed by atoms with Crippen molar-refractivity contribution in [2.24, 2.45) is 0 Å². The monoisotopic (exact) mass is 780 g/mol. The summed E-state index contributed by atoms with van der Waals surface area (Å²) >= 11 is 2.99. The van der Waals surface area contributed by atoms with Crippen LogP contribution in [0.5, 0.6) is 0 Å². The molecule has 276 valence electrons. The van der Waals surface area contributed by atoms with E-state index in [1.54, 1.807) is 29.5 Å². The quantitative estimate of drug-likeness (QED) is 0.0605. The number of allylic oxidation sites excluding steroid dienone is 1. The number of unbranched alkanes of at least 4 members (excludes halogenated alkanes) is 5. The van der Waals surface area contributed by atoms with Crippen molar-refractivity contribution in [1.82, 2.24) is 8.75 Å². The summed E-state index contributed by atoms with van der Waals surface area (Å²) in [7, 11) is -4.65. The van der Waals surface area contributed by atoms with Crippen LogP contribution < -0.4 is 4.90 Å². The highest BCUT2D eigenvalue weighted by Gasteiger charge is 2.21. The molecular formula is C45H41N4O3PS2. The lowest BCUT2D eigenvalue weighted by molar-refractivity contribution is 0.384. The summed E-state index contributed by atoms with van der Waals surface area (Å²) in [5.41, 5.74) is 10.9. The van der Waals surface area contributed by atoms with Gasteiger partial charge in [-0.05, 0) is 83.6 Å². The molecule has 0 saturated carbocycles. The second kappa shape index (κ2) is 17.5. The lowest BCUT2D eigenvalue weighted by atomic mass is 9.98. The summed E-state index contributed by atoms with van der Waals surface area (Å²) in [4.78, 5) is 23.6. The first-order chi connectivity index (χ1) is 26.8. The van der Waals surface area contributed by atoms with E-state index < -0.39 is 12.9 Å². The Morgan fingerprint density at radius 3 is 1.91 bits per heavy atom. The van der Waals surface area contributed by atoms with E-state index in [-0.39, 0.29) is 0 Å². The summed E-state index contributed by atoms with van der Waals surface area (Å²) < 4.78 is 21.1. The SMILES string of the molecule is CCCCCCCCc1cc(-c2ccc(-c3ccc(C=C(C#N)P(=O)(O)O)cc3)c3nsnc23)sc1-c1ccc(N(c2ccccc2)c2ccccc2)cc1. The molecule has 0 radical (unpaired) electrons. The fraction of sp³-hybridized carbons (Fsp3) is 0.178. The number of hydrogen-bond acceptors (Lipinski definition) is 7. The van der Waals surface area contributed by atoms with Gasteiger partial charge < -0.3 is 14.7 Å². The summed E-state index contributed by atoms with van der Waals surface area (Å²) in [6.45, 7) is 2.25. The third-order valence-corrected chi connectivity index (χ3v) is 12.3. The maximum atomic E-state index is 11.6. The highest BCUT2D eigenvalue weighted by molar-refractivity contribution is 7.57. The predicted octanol–water partition coefficient (Wildman–Crippen LogP) is 13.2. The van der Waals surface area contributed by atoms with Crippen molar-refractivity contribution in [1.29, 1.82) is 5.26 Å². The maximum Gasteiger partial charge on any atom is 0.366 e. The van der Waals surface area contributed by atoms with Gasteiger partial charge in [0.15, 0.2) is 0 Å². The molecule has 10 heteroatoms. The first-order valence-corrected chi connectivity index (χ1v) is 21.7. The lowest BCUT2D eigenvalue weighted by Crippen LogP contribution is -2.09. The molecule has 7 rings (SSSR count). The average Bonchev–Trinajstić information content (AvgIpc) is 3.88. The van der Waals surface area contributed by atoms with Crippen LogP contribution in [-0.4, -0.2) is 18.5 Å². The smallest absolute Gasteiger partial charge is 0.321 e. The molecule has 0 bridgehead atoms. The number of para-hydroxylation sites is 2. The van der Waals surface area contributed by atoms with Crippen LogP contribution in [0, 0.1) is 11.3 Å². The zero-order chi connectivity index (χ0) is 38.2. The van der Waals surface area contributed by atoms with Crippen LogP contribution in [0.2, 0.25) is 0 Å². The Morgan fingerprint density at radius 1 is 0.727 bits per heavy atom. The van der Waals surface area contributed by atoms with Crippen LogP contribution in [0.3, 0.4) is 0 Å². The zero-order valence-electron chi connectivity index (χ0n) is 30.5. The van der Waals surface area contributed by atoms with Gasteiger partial charge in [-0.2, -0.15) is 14.0 Å². The number of rotatable bonds is 15. The third kappa shape index (κ3) is 8.87. The minimum atomic E-state index is -4.65. The molecule has 0 aliphatic rings. The summed E-state index contributed by atoms with van der Waals surface area (Å²) in [6.07, 6.45) is 9.66. The van der Waals surface area contributed by atoms with E-state index in [1.807, 2.05) is 24.3 Å². The van der Waals surface area contributed by atoms with Gasteiger partial charge in [-0.1, -0.05) is 124 Å². The highest BCUT2D eigenvalue weighted by Crippen LogP contribution is 2.46. The standard InChI is InChI=1S/C45H41N4O3PS2/c1-2-3-4-5-6-9-14-35-30-42(54-45(35)34-23-25-38(26-24-34)49(36-15-10-7-11-16-36)37-17-12-8-13-18-37)41-28-27-40(43-44(41)48-55-47-43)33-21-19-32(20-22-33)29-39(31-46)53(50,51)52/h7-8,10-13,15-30H,2-6,9,14H2,1H3,(H2,50,51,52). The van der Waals surface area contributed by atoms with Gasteiger partial charge in [0, 0.05) is 37.9 Å². The van der Waals surface area contributed by atoms with Gasteiger partial charge in [0.25, 0.3) is 0 Å². The minimum Gasteiger partial charge on any atom is -0.321 e.